The van der Waals surface area contributed by atoms with Crippen molar-refractivity contribution < 1.29 is 9.90 Å². The normalized spacial score (nSPS) is 11.4. The molecule has 10 nitrogen and oxygen atoms in total. The maximum Gasteiger partial charge on any atom is 0.332 e. The summed E-state index contributed by atoms with van der Waals surface area (Å²) in [5.41, 5.74) is 2.66. The number of phenolic OH excluding ortho intramolecular Hbond substituents is 1. The molecule has 146 valence electrons. The second-order valence-corrected chi connectivity index (χ2v) is 6.27. The molecule has 0 bridgehead atoms. The highest BCUT2D eigenvalue weighted by atomic mass is 16.3. The van der Waals surface area contributed by atoms with Crippen LogP contribution in [0.5, 0.6) is 5.75 Å². The van der Waals surface area contributed by atoms with Gasteiger partial charge in [0.2, 0.25) is 5.91 Å². The van der Waals surface area contributed by atoms with Gasteiger partial charge in [0, 0.05) is 32.6 Å². The molecule has 0 aliphatic heterocycles. The molecule has 0 aliphatic rings. The quantitative estimate of drug-likeness (QED) is 0.460. The molecule has 0 atom stereocenters. The SMILES string of the molecule is Cn1c(=O)c2c(ncn2CCCC(=O)N/N=C/c2ccccc2O)n(C)c1=O. The first kappa shape index (κ1) is 19.1. The van der Waals surface area contributed by atoms with E-state index in [0.29, 0.717) is 29.7 Å². The lowest BCUT2D eigenvalue weighted by Gasteiger charge is -2.06. The number of carbonyl (C=O) groups is 1. The Morgan fingerprint density at radius 3 is 2.75 bits per heavy atom. The third kappa shape index (κ3) is 3.70. The fourth-order valence-electron chi connectivity index (χ4n) is 2.80. The number of aromatic hydroxyl groups is 1. The maximum absolute atomic E-state index is 12.4. The summed E-state index contributed by atoms with van der Waals surface area (Å²) in [5.74, 6) is -0.222. The molecule has 0 saturated carbocycles. The molecule has 2 aromatic heterocycles. The van der Waals surface area contributed by atoms with Crippen LogP contribution >= 0.6 is 0 Å². The van der Waals surface area contributed by atoms with E-state index in [0.717, 1.165) is 4.57 Å². The van der Waals surface area contributed by atoms with E-state index >= 15 is 0 Å². The van der Waals surface area contributed by atoms with E-state index in [2.05, 4.69) is 15.5 Å². The number of aromatic nitrogens is 4. The average Bonchev–Trinajstić information content (AvgIpc) is 3.10. The summed E-state index contributed by atoms with van der Waals surface area (Å²) in [5, 5.41) is 13.4. The van der Waals surface area contributed by atoms with Crippen molar-refractivity contribution in [2.45, 2.75) is 19.4 Å². The number of nitrogens with zero attached hydrogens (tertiary/aromatic N) is 5. The summed E-state index contributed by atoms with van der Waals surface area (Å²) >= 11 is 0. The van der Waals surface area contributed by atoms with E-state index in [4.69, 9.17) is 0 Å². The summed E-state index contributed by atoms with van der Waals surface area (Å²) in [7, 11) is 2.97. The van der Waals surface area contributed by atoms with Crippen LogP contribution in [0.15, 0.2) is 45.3 Å². The van der Waals surface area contributed by atoms with Crippen LogP contribution in [0.2, 0.25) is 0 Å². The van der Waals surface area contributed by atoms with Crippen molar-refractivity contribution in [2.24, 2.45) is 19.2 Å². The van der Waals surface area contributed by atoms with Crippen molar-refractivity contribution in [1.82, 2.24) is 24.1 Å². The zero-order valence-electron chi connectivity index (χ0n) is 15.5. The number of hydrazone groups is 1. The molecule has 0 fully saturated rings. The third-order valence-electron chi connectivity index (χ3n) is 4.35. The smallest absolute Gasteiger partial charge is 0.332 e. The minimum Gasteiger partial charge on any atom is -0.507 e. The number of para-hydroxylation sites is 1. The number of carbonyl (C=O) groups excluding carboxylic acids is 1. The average molecular weight is 384 g/mol. The van der Waals surface area contributed by atoms with Gasteiger partial charge >= 0.3 is 5.69 Å². The second-order valence-electron chi connectivity index (χ2n) is 6.27. The van der Waals surface area contributed by atoms with E-state index in [1.54, 1.807) is 29.8 Å². The molecule has 1 amide bonds. The number of nitrogens with one attached hydrogen (secondary N) is 1. The zero-order chi connectivity index (χ0) is 20.3. The molecule has 0 spiro atoms. The number of hydrogen-bond donors (Lipinski definition) is 2. The lowest BCUT2D eigenvalue weighted by molar-refractivity contribution is -0.121. The van der Waals surface area contributed by atoms with Crippen LogP contribution < -0.4 is 16.7 Å². The van der Waals surface area contributed by atoms with Crippen LogP contribution in [0.3, 0.4) is 0 Å². The van der Waals surface area contributed by atoms with Crippen LogP contribution in [-0.4, -0.2) is 35.9 Å². The standard InChI is InChI=1S/C18H20N6O4/c1-22-16-15(17(27)23(2)18(22)28)24(11-19-16)9-5-8-14(26)21-20-10-12-6-3-4-7-13(12)25/h3-4,6-7,10-11,25H,5,8-9H2,1-2H3,(H,21,26)/b20-10+. The molecule has 28 heavy (non-hydrogen) atoms. The van der Waals surface area contributed by atoms with Gasteiger partial charge in [-0.1, -0.05) is 12.1 Å². The predicted molar refractivity (Wildman–Crippen MR) is 103 cm³/mol. The van der Waals surface area contributed by atoms with E-state index in [1.807, 2.05) is 0 Å². The Morgan fingerprint density at radius 1 is 1.25 bits per heavy atom. The van der Waals surface area contributed by atoms with E-state index in [-0.39, 0.29) is 18.1 Å². The maximum atomic E-state index is 12.4. The monoisotopic (exact) mass is 384 g/mol. The highest BCUT2D eigenvalue weighted by Crippen LogP contribution is 2.12. The molecule has 2 heterocycles. The summed E-state index contributed by atoms with van der Waals surface area (Å²) < 4.78 is 3.98. The molecule has 3 aromatic rings. The van der Waals surface area contributed by atoms with E-state index < -0.39 is 11.2 Å². The lowest BCUT2D eigenvalue weighted by atomic mass is 10.2. The van der Waals surface area contributed by atoms with E-state index in [1.165, 1.54) is 30.2 Å². The highest BCUT2D eigenvalue weighted by Gasteiger charge is 2.14. The van der Waals surface area contributed by atoms with Crippen LogP contribution in [0, 0.1) is 0 Å². The molecule has 10 heteroatoms. The third-order valence-corrected chi connectivity index (χ3v) is 4.35. The summed E-state index contributed by atoms with van der Waals surface area (Å²) in [4.78, 5) is 40.3. The van der Waals surface area contributed by atoms with Gasteiger partial charge in [-0.2, -0.15) is 5.10 Å². The van der Waals surface area contributed by atoms with Gasteiger partial charge in [0.15, 0.2) is 11.2 Å². The molecular weight excluding hydrogens is 364 g/mol. The number of imidazole rings is 1. The Bertz CT molecular complexity index is 1170. The first-order valence-electron chi connectivity index (χ1n) is 8.61. The molecular formula is C18H20N6O4. The Balaban J connectivity index is 1.61. The summed E-state index contributed by atoms with van der Waals surface area (Å²) in [6, 6.07) is 6.64. The van der Waals surface area contributed by atoms with Crippen molar-refractivity contribution in [3.05, 3.63) is 57.0 Å². The topological polar surface area (TPSA) is 124 Å². The Kier molecular flexibility index (Phi) is 5.39. The van der Waals surface area contributed by atoms with Gasteiger partial charge in [0.05, 0.1) is 12.5 Å². The largest absolute Gasteiger partial charge is 0.507 e. The molecule has 0 radical (unpaired) electrons. The van der Waals surface area contributed by atoms with Gasteiger partial charge in [0.25, 0.3) is 5.56 Å². The highest BCUT2D eigenvalue weighted by molar-refractivity contribution is 5.85. The van der Waals surface area contributed by atoms with Gasteiger partial charge in [0.1, 0.15) is 5.75 Å². The fourth-order valence-corrected chi connectivity index (χ4v) is 2.80. The van der Waals surface area contributed by atoms with Crippen LogP contribution in [0.25, 0.3) is 11.2 Å². The number of phenols is 1. The molecule has 1 aromatic carbocycles. The number of rotatable bonds is 6. The zero-order valence-corrected chi connectivity index (χ0v) is 15.5. The van der Waals surface area contributed by atoms with Crippen molar-refractivity contribution in [3.63, 3.8) is 0 Å². The minimum absolute atomic E-state index is 0.0727. The first-order valence-corrected chi connectivity index (χ1v) is 8.61. The van der Waals surface area contributed by atoms with Gasteiger partial charge < -0.3 is 9.67 Å². The van der Waals surface area contributed by atoms with Crippen molar-refractivity contribution in [3.8, 4) is 5.75 Å². The van der Waals surface area contributed by atoms with Crippen LogP contribution in [0.4, 0.5) is 0 Å². The van der Waals surface area contributed by atoms with Gasteiger partial charge in [-0.25, -0.2) is 15.2 Å². The summed E-state index contributed by atoms with van der Waals surface area (Å²) in [6.45, 7) is 0.389. The van der Waals surface area contributed by atoms with Gasteiger partial charge in [-0.05, 0) is 18.6 Å². The van der Waals surface area contributed by atoms with Crippen LogP contribution in [-0.2, 0) is 25.4 Å². The fraction of sp³-hybridized carbons (Fsp3) is 0.278. The molecule has 0 saturated heterocycles. The molecule has 0 aliphatic carbocycles. The van der Waals surface area contributed by atoms with Crippen LogP contribution in [0.1, 0.15) is 18.4 Å². The lowest BCUT2D eigenvalue weighted by Crippen LogP contribution is -2.37. The number of aryl methyl sites for hydroxylation is 2. The predicted octanol–water partition coefficient (Wildman–Crippen LogP) is 0.0698. The molecule has 3 rings (SSSR count). The summed E-state index contributed by atoms with van der Waals surface area (Å²) in [6.07, 6.45) is 3.49. The number of benzene rings is 1. The van der Waals surface area contributed by atoms with Crippen molar-refractivity contribution in [2.75, 3.05) is 0 Å². The van der Waals surface area contributed by atoms with Crippen molar-refractivity contribution >= 4 is 23.3 Å². The van der Waals surface area contributed by atoms with E-state index in [9.17, 15) is 19.5 Å². The number of amides is 1. The number of hydrogen-bond acceptors (Lipinski definition) is 6. The van der Waals surface area contributed by atoms with Crippen molar-refractivity contribution in [1.29, 1.82) is 0 Å². The molecule has 0 unspecified atom stereocenters. The second kappa shape index (κ2) is 7.91. The first-order chi connectivity index (χ1) is 13.4. The van der Waals surface area contributed by atoms with Gasteiger partial charge in [-0.15, -0.1) is 0 Å². The Hall–Kier alpha value is -3.69. The molecule has 2 N–H and O–H groups in total. The van der Waals surface area contributed by atoms with Gasteiger partial charge in [-0.3, -0.25) is 18.7 Å². The minimum atomic E-state index is -0.440. The number of fused-ring (bicyclic) bond motifs is 1. The Labute approximate surface area is 159 Å². The Morgan fingerprint density at radius 2 is 2.00 bits per heavy atom.